The van der Waals surface area contributed by atoms with Crippen molar-refractivity contribution in [1.82, 2.24) is 14.5 Å². The van der Waals surface area contributed by atoms with Crippen molar-refractivity contribution >= 4 is 21.9 Å². The highest BCUT2D eigenvalue weighted by Gasteiger charge is 2.43. The maximum atomic E-state index is 13.3. The van der Waals surface area contributed by atoms with E-state index in [2.05, 4.69) is 22.3 Å². The number of nitrogens with zero attached hydrogens (tertiary/aromatic N) is 2. The molecule has 34 heavy (non-hydrogen) atoms. The number of hydrogen-bond acceptors (Lipinski definition) is 6. The van der Waals surface area contributed by atoms with Gasteiger partial charge in [-0.25, -0.2) is 13.2 Å². The molecule has 1 heterocycles. The third-order valence-corrected chi connectivity index (χ3v) is 8.59. The Balaban J connectivity index is 1.43. The minimum Gasteiger partial charge on any atom is -0.467 e. The summed E-state index contributed by atoms with van der Waals surface area (Å²) in [6.07, 6.45) is 2.66. The first-order chi connectivity index (χ1) is 16.3. The van der Waals surface area contributed by atoms with Gasteiger partial charge in [0, 0.05) is 38.3 Å². The second-order valence-electron chi connectivity index (χ2n) is 8.93. The number of rotatable bonds is 7. The van der Waals surface area contributed by atoms with Crippen LogP contribution in [-0.4, -0.2) is 68.3 Å². The zero-order valence-electron chi connectivity index (χ0n) is 19.4. The number of carbonyl (C=O) groups excluding carboxylic acids is 2. The molecule has 1 N–H and O–H groups in total. The molecule has 8 nitrogen and oxygen atoms in total. The summed E-state index contributed by atoms with van der Waals surface area (Å²) < 4.78 is 33.0. The van der Waals surface area contributed by atoms with E-state index in [1.165, 1.54) is 29.1 Å². The van der Waals surface area contributed by atoms with Gasteiger partial charge >= 0.3 is 5.97 Å². The average molecular weight is 486 g/mol. The van der Waals surface area contributed by atoms with E-state index < -0.39 is 27.4 Å². The van der Waals surface area contributed by atoms with Gasteiger partial charge in [-0.15, -0.1) is 0 Å². The Bertz CT molecular complexity index is 1120. The first-order valence-electron chi connectivity index (χ1n) is 11.6. The highest BCUT2D eigenvalue weighted by molar-refractivity contribution is 7.89. The summed E-state index contributed by atoms with van der Waals surface area (Å²) >= 11 is 0. The minimum atomic E-state index is -3.74. The second-order valence-corrected chi connectivity index (χ2v) is 10.9. The van der Waals surface area contributed by atoms with Crippen molar-refractivity contribution in [2.45, 2.75) is 42.7 Å². The minimum absolute atomic E-state index is 0.0789. The number of nitrogens with one attached hydrogen (secondary N) is 1. The van der Waals surface area contributed by atoms with Gasteiger partial charge < -0.3 is 10.1 Å². The lowest BCUT2D eigenvalue weighted by atomic mass is 9.97. The van der Waals surface area contributed by atoms with E-state index in [0.717, 1.165) is 19.4 Å². The Labute approximate surface area is 200 Å². The van der Waals surface area contributed by atoms with Gasteiger partial charge in [0.25, 0.3) is 5.91 Å². The molecule has 1 aliphatic carbocycles. The normalized spacial score (nSPS) is 19.0. The molecule has 0 atom stereocenters. The van der Waals surface area contributed by atoms with Crippen molar-refractivity contribution in [3.8, 4) is 0 Å². The first kappa shape index (κ1) is 24.4. The zero-order chi connectivity index (χ0) is 24.2. The van der Waals surface area contributed by atoms with Crippen LogP contribution in [0.3, 0.4) is 0 Å². The van der Waals surface area contributed by atoms with Crippen LogP contribution < -0.4 is 5.32 Å². The molecular weight excluding hydrogens is 454 g/mol. The predicted molar refractivity (Wildman–Crippen MR) is 128 cm³/mol. The number of methoxy groups -OCH3 is 1. The van der Waals surface area contributed by atoms with Crippen molar-refractivity contribution in [2.75, 3.05) is 33.3 Å². The maximum Gasteiger partial charge on any atom is 0.331 e. The molecule has 0 spiro atoms. The van der Waals surface area contributed by atoms with Gasteiger partial charge in [0.15, 0.2) is 0 Å². The standard InChI is InChI=1S/C25H31N3O5S/c1-33-24(30)25(12-5-6-13-25)26-23(29)21-10-7-11-22(18-21)34(31,32)28-16-14-27(15-17-28)19-20-8-3-2-4-9-20/h2-4,7-11,18H,5-6,12-17,19H2,1H3,(H,26,29). The monoisotopic (exact) mass is 485 g/mol. The van der Waals surface area contributed by atoms with Crippen LogP contribution in [0, 0.1) is 0 Å². The summed E-state index contributed by atoms with van der Waals surface area (Å²) in [5.74, 6) is -0.937. The van der Waals surface area contributed by atoms with Gasteiger partial charge in [-0.05, 0) is 36.6 Å². The summed E-state index contributed by atoms with van der Waals surface area (Å²) in [7, 11) is -2.44. The van der Waals surface area contributed by atoms with Gasteiger partial charge in [0.05, 0.1) is 12.0 Å². The fourth-order valence-corrected chi connectivity index (χ4v) is 6.23. The smallest absolute Gasteiger partial charge is 0.331 e. The van der Waals surface area contributed by atoms with Gasteiger partial charge in [0.1, 0.15) is 5.54 Å². The Hall–Kier alpha value is -2.75. The quantitative estimate of drug-likeness (QED) is 0.605. The van der Waals surface area contributed by atoms with Crippen LogP contribution in [-0.2, 0) is 26.1 Å². The van der Waals surface area contributed by atoms with E-state index >= 15 is 0 Å². The molecule has 0 unspecified atom stereocenters. The third kappa shape index (κ3) is 5.16. The fraction of sp³-hybridized carbons (Fsp3) is 0.440. The molecule has 2 fully saturated rings. The number of hydrogen-bond donors (Lipinski definition) is 1. The molecular formula is C25H31N3O5S. The molecule has 9 heteroatoms. The molecule has 2 aliphatic rings. The number of sulfonamides is 1. The van der Waals surface area contributed by atoms with Gasteiger partial charge in [0.2, 0.25) is 10.0 Å². The number of ether oxygens (including phenoxy) is 1. The second kappa shape index (κ2) is 10.2. The van der Waals surface area contributed by atoms with E-state index in [-0.39, 0.29) is 10.5 Å². The van der Waals surface area contributed by atoms with Crippen LogP contribution in [0.25, 0.3) is 0 Å². The lowest BCUT2D eigenvalue weighted by molar-refractivity contribution is -0.148. The number of piperazine rings is 1. The van der Waals surface area contributed by atoms with Gasteiger partial charge in [-0.3, -0.25) is 9.69 Å². The van der Waals surface area contributed by atoms with Crippen molar-refractivity contribution in [3.63, 3.8) is 0 Å². The summed E-state index contributed by atoms with van der Waals surface area (Å²) in [4.78, 5) is 27.6. The zero-order valence-corrected chi connectivity index (χ0v) is 20.2. The summed E-state index contributed by atoms with van der Waals surface area (Å²) in [6.45, 7) is 2.83. The molecule has 1 amide bonds. The van der Waals surface area contributed by atoms with Crippen LogP contribution >= 0.6 is 0 Å². The molecule has 2 aromatic carbocycles. The van der Waals surface area contributed by atoms with Crippen molar-refractivity contribution in [2.24, 2.45) is 0 Å². The number of carbonyl (C=O) groups is 2. The highest BCUT2D eigenvalue weighted by Crippen LogP contribution is 2.31. The SMILES string of the molecule is COC(=O)C1(NC(=O)c2cccc(S(=O)(=O)N3CCN(Cc4ccccc4)CC3)c2)CCCC1. The topological polar surface area (TPSA) is 96.0 Å². The average Bonchev–Trinajstić information content (AvgIpc) is 3.34. The van der Waals surface area contributed by atoms with E-state index in [0.29, 0.717) is 39.0 Å². The first-order valence-corrected chi connectivity index (χ1v) is 13.1. The van der Waals surface area contributed by atoms with Crippen LogP contribution in [0.1, 0.15) is 41.6 Å². The summed E-state index contributed by atoms with van der Waals surface area (Å²) in [6, 6.07) is 16.1. The van der Waals surface area contributed by atoms with Crippen LogP contribution in [0.4, 0.5) is 0 Å². The number of amides is 1. The van der Waals surface area contributed by atoms with Gasteiger partial charge in [-0.2, -0.15) is 4.31 Å². The van der Waals surface area contributed by atoms with Crippen molar-refractivity contribution in [3.05, 3.63) is 65.7 Å². The van der Waals surface area contributed by atoms with E-state index in [1.54, 1.807) is 12.1 Å². The number of esters is 1. The lowest BCUT2D eigenvalue weighted by Crippen LogP contribution is -2.53. The molecule has 1 saturated heterocycles. The molecule has 4 rings (SSSR count). The fourth-order valence-electron chi connectivity index (χ4n) is 4.76. The van der Waals surface area contributed by atoms with Crippen LogP contribution in [0.15, 0.2) is 59.5 Å². The maximum absolute atomic E-state index is 13.3. The van der Waals surface area contributed by atoms with Gasteiger partial charge in [-0.1, -0.05) is 49.2 Å². The molecule has 2 aromatic rings. The predicted octanol–water partition coefficient (Wildman–Crippen LogP) is 2.41. The molecule has 182 valence electrons. The molecule has 0 radical (unpaired) electrons. The third-order valence-electron chi connectivity index (χ3n) is 6.70. The Morgan fingerprint density at radius 1 is 0.971 bits per heavy atom. The lowest BCUT2D eigenvalue weighted by Gasteiger charge is -2.34. The van der Waals surface area contributed by atoms with E-state index in [9.17, 15) is 18.0 Å². The largest absolute Gasteiger partial charge is 0.467 e. The highest BCUT2D eigenvalue weighted by atomic mass is 32.2. The Morgan fingerprint density at radius 2 is 1.65 bits per heavy atom. The van der Waals surface area contributed by atoms with Crippen molar-refractivity contribution < 1.29 is 22.7 Å². The number of benzene rings is 2. The molecule has 1 saturated carbocycles. The molecule has 1 aliphatic heterocycles. The Kier molecular flexibility index (Phi) is 7.35. The van der Waals surface area contributed by atoms with Crippen molar-refractivity contribution in [1.29, 1.82) is 0 Å². The van der Waals surface area contributed by atoms with Crippen LogP contribution in [0.5, 0.6) is 0 Å². The molecule has 0 bridgehead atoms. The van der Waals surface area contributed by atoms with E-state index in [1.807, 2.05) is 18.2 Å². The summed E-state index contributed by atoms with van der Waals surface area (Å²) in [5.41, 5.74) is 0.360. The summed E-state index contributed by atoms with van der Waals surface area (Å²) in [5, 5.41) is 2.82. The Morgan fingerprint density at radius 3 is 2.29 bits per heavy atom. The van der Waals surface area contributed by atoms with Crippen LogP contribution in [0.2, 0.25) is 0 Å². The molecule has 0 aromatic heterocycles. The van der Waals surface area contributed by atoms with E-state index in [4.69, 9.17) is 4.74 Å².